The first-order chi connectivity index (χ1) is 63.6. The van der Waals surface area contributed by atoms with Crippen LogP contribution in [0.15, 0.2) is 91.0 Å². The molecule has 3 aromatic carbocycles. The van der Waals surface area contributed by atoms with Gasteiger partial charge in [0.1, 0.15) is 82.6 Å². The number of hydrogen-bond donors (Lipinski definition) is 19. The van der Waals surface area contributed by atoms with E-state index in [1.165, 1.54) is 46.4 Å². The van der Waals surface area contributed by atoms with E-state index in [0.29, 0.717) is 29.5 Å². The monoisotopic (exact) mass is 1920 g/mol. The summed E-state index contributed by atoms with van der Waals surface area (Å²) in [4.78, 5) is 252. The Labute approximate surface area is 807 Å². The van der Waals surface area contributed by atoms with Crippen molar-refractivity contribution in [3.8, 4) is 0 Å². The highest BCUT2D eigenvalue weighted by atomic mass is 16.6. The summed E-state index contributed by atoms with van der Waals surface area (Å²) in [5.41, 5.74) is 1.46. The fraction of sp³-hybridized carbons (Fsp3) is 0.633. The molecule has 0 saturated heterocycles. The maximum Gasteiger partial charge on any atom is 0.408 e. The quantitative estimate of drug-likeness (QED) is 0.0385. The zero-order valence-electron chi connectivity index (χ0n) is 85.1. The summed E-state index contributed by atoms with van der Waals surface area (Å²) >= 11 is 0. The van der Waals surface area contributed by atoms with Crippen molar-refractivity contribution in [3.63, 3.8) is 0 Å². The molecule has 0 unspecified atom stereocenters. The van der Waals surface area contributed by atoms with E-state index in [-0.39, 0.29) is 44.2 Å². The molecule has 3 aromatic rings. The normalized spacial score (nSPS) is 14.9. The molecule has 39 heteroatoms. The molecule has 0 radical (unpaired) electrons. The number of aliphatic hydroxyl groups is 1. The highest BCUT2D eigenvalue weighted by Gasteiger charge is 2.44. The van der Waals surface area contributed by atoms with Crippen molar-refractivity contribution >= 4 is 107 Å². The summed E-state index contributed by atoms with van der Waals surface area (Å²) in [6.07, 6.45) is -1.55. The van der Waals surface area contributed by atoms with Gasteiger partial charge in [-0.3, -0.25) is 76.7 Å². The number of hydrogen-bond acceptors (Lipinski definition) is 20. The summed E-state index contributed by atoms with van der Waals surface area (Å²) in [6, 6.07) is 12.1. The summed E-state index contributed by atoms with van der Waals surface area (Å²) in [5, 5.41) is 57.5. The Hall–Kier alpha value is -12.3. The summed E-state index contributed by atoms with van der Waals surface area (Å²) in [5.74, 6) is -17.1. The summed E-state index contributed by atoms with van der Waals surface area (Å²) < 4.78 is 5.28. The Kier molecular flexibility index (Phi) is 47.9. The summed E-state index contributed by atoms with van der Waals surface area (Å²) in [6.45, 7) is 41.4. The number of nitrogens with one attached hydrogen (secondary N) is 17. The number of carbonyl (C=O) groups excluding carboxylic acids is 18. The van der Waals surface area contributed by atoms with E-state index >= 15 is 0 Å². The van der Waals surface area contributed by atoms with Gasteiger partial charge in [0.05, 0.1) is 38.3 Å². The molecule has 0 spiro atoms. The van der Waals surface area contributed by atoms with Crippen LogP contribution in [0.3, 0.4) is 0 Å². The Morgan fingerprint density at radius 1 is 0.350 bits per heavy atom. The van der Waals surface area contributed by atoms with Gasteiger partial charge in [0.25, 0.3) is 0 Å². The van der Waals surface area contributed by atoms with Crippen molar-refractivity contribution in [1.29, 1.82) is 0 Å². The number of rotatable bonds is 54. The number of amides is 19. The molecule has 0 fully saturated rings. The van der Waals surface area contributed by atoms with Crippen molar-refractivity contribution < 1.29 is 96.1 Å². The standard InChI is InChI=1S/C98H157N19O20/c1-28-60(17)78(87(129)110-74(56(9)10)84(126)103-65(46-62-39-33-30-34-40-62)68(118)52-117(51-64-43-37-32-38-44-64)93(135)105-66(45-53(3)4)81(123)107-72(54(5)6)80(99)122)106-70(120)49-100-69(119)48-102-90(132)96(22,23)115-88(130)77(59(15)16)108-82(124)67(47-63-41-35-31-36-42-63)104-91(133)98(26,27)116-89(131)79(61(18)29-2)111-85(127)75(57(11)12)109-86(128)76(58(13)14)112-92(134)97(24,25)114-71(121)50-101-83(125)73(55(7)8)113-94(136)137-95(19,20)21/h30-44,53-61,65-68,72-79,118H,28-29,45-52H2,1-27H3,(H2,99,122)(H,100,119)(H,101,125)(H,102,132)(H,103,126)(H,104,133)(H,105,135)(H,106,120)(H,107,123)(H,108,124)(H,109,128)(H,110,129)(H,111,127)(H,112,134)(H,113,136)(H,114,121)(H,115,130)(H,116,131)/t60-,61-,65-,66-,67-,68+,72-,73-,74-,75-,76-,77-,78-,79-/m0/s1. The zero-order valence-corrected chi connectivity index (χ0v) is 85.1. The fourth-order valence-electron chi connectivity index (χ4n) is 14.2. The van der Waals surface area contributed by atoms with E-state index in [9.17, 15) is 91.4 Å². The summed E-state index contributed by atoms with van der Waals surface area (Å²) in [7, 11) is 0. The topological polar surface area (TPSA) is 570 Å². The van der Waals surface area contributed by atoms with Crippen LogP contribution in [-0.2, 0) is 101 Å². The molecule has 0 saturated carbocycles. The lowest BCUT2D eigenvalue weighted by Gasteiger charge is -2.34. The number of primary amides is 1. The first-order valence-electron chi connectivity index (χ1n) is 47.2. The van der Waals surface area contributed by atoms with Gasteiger partial charge in [-0.15, -0.1) is 0 Å². The van der Waals surface area contributed by atoms with Gasteiger partial charge in [-0.2, -0.15) is 0 Å². The number of ether oxygens (including phenoxy) is 1. The van der Waals surface area contributed by atoms with Crippen LogP contribution in [0, 0.1) is 53.3 Å². The Bertz CT molecular complexity index is 4560. The van der Waals surface area contributed by atoms with Gasteiger partial charge in [0.15, 0.2) is 0 Å². The van der Waals surface area contributed by atoms with Crippen molar-refractivity contribution in [1.82, 2.24) is 95.3 Å². The Morgan fingerprint density at radius 2 is 0.715 bits per heavy atom. The van der Waals surface area contributed by atoms with Crippen molar-refractivity contribution in [2.24, 2.45) is 59.0 Å². The molecule has 0 aliphatic heterocycles. The van der Waals surface area contributed by atoms with Crippen molar-refractivity contribution in [3.05, 3.63) is 108 Å². The van der Waals surface area contributed by atoms with Crippen molar-refractivity contribution in [2.45, 2.75) is 320 Å². The molecule has 0 aliphatic rings. The van der Waals surface area contributed by atoms with Crippen LogP contribution >= 0.6 is 0 Å². The molecule has 764 valence electrons. The number of carbonyl (C=O) groups is 18. The SMILES string of the molecule is CC[C@H](C)[C@H](NC(=O)CNC(=O)CNC(=O)C(C)(C)NC(=O)[C@@H](NC(=O)[C@H](Cc1ccccc1)NC(=O)C(C)(C)NC(=O)[C@@H](NC(=O)[C@@H](NC(=O)[C@@H](NC(=O)C(C)(C)NC(=O)CNC(=O)[C@@H](NC(=O)OC(C)(C)C)C(C)C)C(C)C)C(C)C)[C@@H](C)CC)C(C)C)C(=O)N[C@H](C(=O)N[C@@H](Cc1ccccc1)[C@H](O)CN(Cc1ccccc1)C(=O)N[C@@H](CC(C)C)C(=O)N[C@H](C(N)=O)C(C)C)C(C)C. The largest absolute Gasteiger partial charge is 0.444 e. The Morgan fingerprint density at radius 3 is 1.18 bits per heavy atom. The predicted molar refractivity (Wildman–Crippen MR) is 518 cm³/mol. The zero-order chi connectivity index (χ0) is 104. The van der Waals surface area contributed by atoms with Crippen LogP contribution in [0.4, 0.5) is 9.59 Å². The van der Waals surface area contributed by atoms with Gasteiger partial charge in [-0.1, -0.05) is 228 Å². The third-order valence-corrected chi connectivity index (χ3v) is 23.0. The van der Waals surface area contributed by atoms with Crippen LogP contribution in [0.5, 0.6) is 0 Å². The molecular formula is C98H157N19O20. The molecule has 14 atom stereocenters. The number of benzene rings is 3. The number of nitrogens with two attached hydrogens (primary N) is 1. The third kappa shape index (κ3) is 40.5. The lowest BCUT2D eigenvalue weighted by atomic mass is 9.94. The lowest BCUT2D eigenvalue weighted by molar-refractivity contribution is -0.139. The minimum atomic E-state index is -1.83. The molecule has 0 heterocycles. The molecule has 137 heavy (non-hydrogen) atoms. The van der Waals surface area contributed by atoms with Crippen molar-refractivity contribution in [2.75, 3.05) is 26.2 Å². The predicted octanol–water partition coefficient (Wildman–Crippen LogP) is 3.26. The number of nitrogens with zero attached hydrogens (tertiary/aromatic N) is 1. The number of aliphatic hydroxyl groups excluding tert-OH is 1. The van der Waals surface area contributed by atoms with Crippen LogP contribution in [0.2, 0.25) is 0 Å². The average molecular weight is 1920 g/mol. The number of urea groups is 1. The molecule has 20 N–H and O–H groups in total. The van der Waals surface area contributed by atoms with Crippen LogP contribution < -0.4 is 96.1 Å². The van der Waals surface area contributed by atoms with E-state index in [2.05, 4.69) is 90.4 Å². The van der Waals surface area contributed by atoms with Gasteiger partial charge in [-0.25, -0.2) is 9.59 Å². The van der Waals surface area contributed by atoms with Crippen LogP contribution in [0.1, 0.15) is 223 Å². The average Bonchev–Trinajstić information content (AvgIpc) is 0.819. The van der Waals surface area contributed by atoms with Gasteiger partial charge in [0, 0.05) is 13.0 Å². The van der Waals surface area contributed by atoms with E-state index in [1.807, 2.05) is 13.8 Å². The molecular weight excluding hydrogens is 1760 g/mol. The van der Waals surface area contributed by atoms with Gasteiger partial charge in [-0.05, 0) is 145 Å². The van der Waals surface area contributed by atoms with Crippen LogP contribution in [-0.4, -0.2) is 238 Å². The second kappa shape index (κ2) is 55.2. The van der Waals surface area contributed by atoms with E-state index in [4.69, 9.17) is 10.5 Å². The highest BCUT2D eigenvalue weighted by molar-refractivity contribution is 6.02. The maximum absolute atomic E-state index is 14.7. The van der Waals surface area contributed by atoms with Gasteiger partial charge < -0.3 is 111 Å². The Balaban J connectivity index is 1.75. The minimum absolute atomic E-state index is 0.0474. The molecule has 39 nitrogen and oxygen atoms in total. The van der Waals surface area contributed by atoms with Gasteiger partial charge in [0.2, 0.25) is 94.5 Å². The first-order valence-corrected chi connectivity index (χ1v) is 47.2. The second-order valence-electron chi connectivity index (χ2n) is 40.4. The van der Waals surface area contributed by atoms with E-state index in [0.717, 1.165) is 0 Å². The maximum atomic E-state index is 14.7. The fourth-order valence-corrected chi connectivity index (χ4v) is 14.2. The highest BCUT2D eigenvalue weighted by Crippen LogP contribution is 2.22. The van der Waals surface area contributed by atoms with Crippen LogP contribution in [0.25, 0.3) is 0 Å². The lowest BCUT2D eigenvalue weighted by Crippen LogP contribution is -2.65. The van der Waals surface area contributed by atoms with E-state index < -0.39 is 262 Å². The third-order valence-electron chi connectivity index (χ3n) is 23.0. The molecule has 0 aliphatic carbocycles. The minimum Gasteiger partial charge on any atom is -0.444 e. The molecule has 0 aromatic heterocycles. The van der Waals surface area contributed by atoms with E-state index in [1.54, 1.807) is 223 Å². The first kappa shape index (κ1) is 119. The van der Waals surface area contributed by atoms with Gasteiger partial charge >= 0.3 is 12.1 Å². The number of alkyl carbamates (subject to hydrolysis) is 1. The smallest absolute Gasteiger partial charge is 0.408 e. The molecule has 3 rings (SSSR count). The second-order valence-corrected chi connectivity index (χ2v) is 40.4. The molecule has 19 amide bonds. The molecule has 0 bridgehead atoms.